The van der Waals surface area contributed by atoms with Gasteiger partial charge in [0.05, 0.1) is 42.9 Å². The normalized spacial score (nSPS) is 28.5. The number of hydrogen-bond donors (Lipinski definition) is 0. The molecule has 0 N–H and O–H groups in total. The van der Waals surface area contributed by atoms with E-state index in [9.17, 15) is 19.2 Å². The van der Waals surface area contributed by atoms with Gasteiger partial charge in [0.1, 0.15) is 0 Å². The summed E-state index contributed by atoms with van der Waals surface area (Å²) < 4.78 is 9.41. The maximum absolute atomic E-state index is 12.9. The number of esters is 2. The Hall–Kier alpha value is -2.96. The fourth-order valence-corrected chi connectivity index (χ4v) is 4.37. The first kappa shape index (κ1) is 16.5. The van der Waals surface area contributed by atoms with E-state index in [-0.39, 0.29) is 52.3 Å². The van der Waals surface area contributed by atoms with Crippen molar-refractivity contribution in [3.8, 4) is 0 Å². The predicted octanol–water partition coefficient (Wildman–Crippen LogP) is 1.57. The molecule has 134 valence electrons. The van der Waals surface area contributed by atoms with E-state index in [1.54, 1.807) is 0 Å². The molecule has 1 aromatic rings. The third-order valence-corrected chi connectivity index (χ3v) is 5.49. The monoisotopic (exact) mass is 355 g/mol. The number of rotatable bonds is 3. The number of nitrogens with zero attached hydrogens (tertiary/aromatic N) is 1. The summed E-state index contributed by atoms with van der Waals surface area (Å²) >= 11 is 0. The third kappa shape index (κ3) is 2.20. The second-order valence-electron chi connectivity index (χ2n) is 6.76. The lowest BCUT2D eigenvalue weighted by Gasteiger charge is -2.18. The fourth-order valence-electron chi connectivity index (χ4n) is 4.37. The molecule has 0 radical (unpaired) electrons. The van der Waals surface area contributed by atoms with Crippen molar-refractivity contribution in [1.82, 2.24) is 0 Å². The average Bonchev–Trinajstić information content (AvgIpc) is 3.33. The molecule has 3 aliphatic rings. The van der Waals surface area contributed by atoms with Crippen LogP contribution in [-0.2, 0) is 19.1 Å². The zero-order chi connectivity index (χ0) is 18.6. The van der Waals surface area contributed by atoms with Gasteiger partial charge in [-0.25, -0.2) is 14.5 Å². The van der Waals surface area contributed by atoms with Crippen molar-refractivity contribution in [2.45, 2.75) is 6.42 Å². The minimum Gasteiger partial charge on any atom is -0.465 e. The van der Waals surface area contributed by atoms with Crippen molar-refractivity contribution in [2.24, 2.45) is 23.7 Å². The molecular formula is C19H17NO6. The van der Waals surface area contributed by atoms with Crippen LogP contribution >= 0.6 is 0 Å². The molecule has 2 bridgehead atoms. The molecule has 2 amide bonds. The Bertz CT molecular complexity index is 809. The standard InChI is InChI=1S/C19H17NO6/c1-25-18(23)11-6-12(19(24)26-2)8-13(7-11)20-16(21)14-9-3-4-10(5-9)15(14)17(20)22/h3-4,6-10,14-15H,5H2,1-2H3/t9-,10-,14-,15+/m0/s1. The van der Waals surface area contributed by atoms with E-state index in [4.69, 9.17) is 9.47 Å². The fraction of sp³-hybridized carbons (Fsp3) is 0.368. The van der Waals surface area contributed by atoms with Gasteiger partial charge in [-0.1, -0.05) is 12.2 Å². The summed E-state index contributed by atoms with van der Waals surface area (Å²) in [5.41, 5.74) is 0.338. The molecular weight excluding hydrogens is 338 g/mol. The van der Waals surface area contributed by atoms with Crippen LogP contribution in [0.1, 0.15) is 27.1 Å². The molecule has 4 rings (SSSR count). The molecule has 4 atom stereocenters. The molecule has 0 spiro atoms. The molecule has 2 fully saturated rings. The Balaban J connectivity index is 1.78. The highest BCUT2D eigenvalue weighted by molar-refractivity contribution is 6.23. The Morgan fingerprint density at radius 1 is 0.885 bits per heavy atom. The second-order valence-corrected chi connectivity index (χ2v) is 6.76. The topological polar surface area (TPSA) is 90.0 Å². The van der Waals surface area contributed by atoms with E-state index >= 15 is 0 Å². The van der Waals surface area contributed by atoms with Crippen molar-refractivity contribution in [3.63, 3.8) is 0 Å². The quantitative estimate of drug-likeness (QED) is 0.464. The summed E-state index contributed by atoms with van der Waals surface area (Å²) in [4.78, 5) is 50.8. The number of amides is 2. The third-order valence-electron chi connectivity index (χ3n) is 5.49. The highest BCUT2D eigenvalue weighted by Gasteiger charge is 2.59. The van der Waals surface area contributed by atoms with E-state index in [1.807, 2.05) is 12.2 Å². The number of benzene rings is 1. The summed E-state index contributed by atoms with van der Waals surface area (Å²) in [5, 5.41) is 0. The number of fused-ring (bicyclic) bond motifs is 5. The Kier molecular flexibility index (Phi) is 3.68. The molecule has 1 aliphatic heterocycles. The van der Waals surface area contributed by atoms with Gasteiger partial charge in [-0.15, -0.1) is 0 Å². The minimum atomic E-state index is -0.668. The van der Waals surface area contributed by atoms with Gasteiger partial charge in [-0.3, -0.25) is 9.59 Å². The summed E-state index contributed by atoms with van der Waals surface area (Å²) in [5.74, 6) is -2.47. The van der Waals surface area contributed by atoms with E-state index in [1.165, 1.54) is 32.4 Å². The predicted molar refractivity (Wildman–Crippen MR) is 89.3 cm³/mol. The molecule has 1 heterocycles. The lowest BCUT2D eigenvalue weighted by Crippen LogP contribution is -2.33. The van der Waals surface area contributed by atoms with E-state index in [0.717, 1.165) is 11.3 Å². The largest absolute Gasteiger partial charge is 0.465 e. The second kappa shape index (κ2) is 5.79. The molecule has 26 heavy (non-hydrogen) atoms. The molecule has 7 nitrogen and oxygen atoms in total. The summed E-state index contributed by atoms with van der Waals surface area (Å²) in [6.45, 7) is 0. The number of hydrogen-bond acceptors (Lipinski definition) is 6. The molecule has 1 saturated carbocycles. The Morgan fingerprint density at radius 2 is 1.35 bits per heavy atom. The van der Waals surface area contributed by atoms with E-state index in [0.29, 0.717) is 0 Å². The highest BCUT2D eigenvalue weighted by Crippen LogP contribution is 2.53. The van der Waals surface area contributed by atoms with Crippen LogP contribution in [0.5, 0.6) is 0 Å². The summed E-state index contributed by atoms with van der Waals surface area (Å²) in [7, 11) is 2.43. The first-order chi connectivity index (χ1) is 12.5. The summed E-state index contributed by atoms with van der Waals surface area (Å²) in [6, 6.07) is 4.10. The number of methoxy groups -OCH3 is 2. The van der Waals surface area contributed by atoms with Gasteiger partial charge in [0.25, 0.3) is 0 Å². The zero-order valence-corrected chi connectivity index (χ0v) is 14.3. The van der Waals surface area contributed by atoms with Crippen molar-refractivity contribution in [3.05, 3.63) is 41.5 Å². The molecule has 1 aromatic carbocycles. The van der Waals surface area contributed by atoms with Crippen LogP contribution in [0.25, 0.3) is 0 Å². The summed E-state index contributed by atoms with van der Waals surface area (Å²) in [6.07, 6.45) is 4.84. The highest BCUT2D eigenvalue weighted by atomic mass is 16.5. The maximum atomic E-state index is 12.9. The van der Waals surface area contributed by atoms with Crippen molar-refractivity contribution >= 4 is 29.4 Å². The van der Waals surface area contributed by atoms with Crippen molar-refractivity contribution in [1.29, 1.82) is 0 Å². The molecule has 0 aromatic heterocycles. The van der Waals surface area contributed by atoms with Gasteiger partial charge in [0.15, 0.2) is 0 Å². The smallest absolute Gasteiger partial charge is 0.337 e. The van der Waals surface area contributed by atoms with Gasteiger partial charge in [-0.05, 0) is 36.5 Å². The Morgan fingerprint density at radius 3 is 1.77 bits per heavy atom. The molecule has 1 saturated heterocycles. The van der Waals surface area contributed by atoms with Crippen LogP contribution in [0.3, 0.4) is 0 Å². The van der Waals surface area contributed by atoms with Crippen LogP contribution in [0.4, 0.5) is 5.69 Å². The van der Waals surface area contributed by atoms with Gasteiger partial charge in [0.2, 0.25) is 11.8 Å². The molecule has 2 aliphatic carbocycles. The molecule has 0 unspecified atom stereocenters. The van der Waals surface area contributed by atoms with Gasteiger partial charge in [0, 0.05) is 0 Å². The zero-order valence-electron chi connectivity index (χ0n) is 14.3. The van der Waals surface area contributed by atoms with Crippen LogP contribution in [0.2, 0.25) is 0 Å². The number of imide groups is 1. The number of carbonyl (C=O) groups excluding carboxylic acids is 4. The van der Waals surface area contributed by atoms with Crippen LogP contribution in [0.15, 0.2) is 30.4 Å². The first-order valence-electron chi connectivity index (χ1n) is 8.34. The lowest BCUT2D eigenvalue weighted by molar-refractivity contribution is -0.123. The first-order valence-corrected chi connectivity index (χ1v) is 8.34. The number of carbonyl (C=O) groups is 4. The van der Waals surface area contributed by atoms with E-state index in [2.05, 4.69) is 0 Å². The molecule has 7 heteroatoms. The SMILES string of the molecule is COC(=O)c1cc(C(=O)OC)cc(N2C(=O)[C@@H]3[C@H](C2=O)[C@H]2C=C[C@H]3C2)c1. The lowest BCUT2D eigenvalue weighted by atomic mass is 9.85. The Labute approximate surface area is 149 Å². The van der Waals surface area contributed by atoms with Crippen molar-refractivity contribution in [2.75, 3.05) is 19.1 Å². The van der Waals surface area contributed by atoms with Gasteiger partial charge >= 0.3 is 11.9 Å². The number of ether oxygens (including phenoxy) is 2. The van der Waals surface area contributed by atoms with Crippen LogP contribution < -0.4 is 4.90 Å². The van der Waals surface area contributed by atoms with Crippen molar-refractivity contribution < 1.29 is 28.7 Å². The maximum Gasteiger partial charge on any atom is 0.337 e. The van der Waals surface area contributed by atoms with Crippen LogP contribution in [0, 0.1) is 23.7 Å². The number of allylic oxidation sites excluding steroid dienone is 2. The number of anilines is 1. The minimum absolute atomic E-state index is 0.0733. The van der Waals surface area contributed by atoms with E-state index < -0.39 is 11.9 Å². The van der Waals surface area contributed by atoms with Gasteiger partial charge < -0.3 is 9.47 Å². The average molecular weight is 355 g/mol. The van der Waals surface area contributed by atoms with Gasteiger partial charge in [-0.2, -0.15) is 0 Å². The van der Waals surface area contributed by atoms with Crippen LogP contribution in [-0.4, -0.2) is 38.0 Å².